The number of ether oxygens (including phenoxy) is 2. The van der Waals surface area contributed by atoms with Crippen LogP contribution in [0, 0.1) is 11.3 Å². The molecule has 0 saturated heterocycles. The molecule has 13 heteroatoms. The van der Waals surface area contributed by atoms with Crippen LogP contribution in [0.25, 0.3) is 0 Å². The van der Waals surface area contributed by atoms with Crippen molar-refractivity contribution >= 4 is 11.6 Å². The molecular formula is C19H13ClF3N5O4. The van der Waals surface area contributed by atoms with Crippen LogP contribution in [0.1, 0.15) is 28.3 Å². The fourth-order valence-electron chi connectivity index (χ4n) is 2.71. The molecule has 166 valence electrons. The second-order valence-corrected chi connectivity index (χ2v) is 6.72. The topological polar surface area (TPSA) is 134 Å². The predicted octanol–water partition coefficient (Wildman–Crippen LogP) is 2.99. The van der Waals surface area contributed by atoms with Crippen molar-refractivity contribution in [2.75, 3.05) is 7.11 Å². The molecule has 0 amide bonds. The zero-order valence-electron chi connectivity index (χ0n) is 16.2. The van der Waals surface area contributed by atoms with E-state index in [1.54, 1.807) is 6.07 Å². The van der Waals surface area contributed by atoms with Crippen LogP contribution in [-0.4, -0.2) is 32.4 Å². The van der Waals surface area contributed by atoms with Crippen molar-refractivity contribution in [3.05, 3.63) is 68.0 Å². The molecule has 0 radical (unpaired) electrons. The van der Waals surface area contributed by atoms with Crippen molar-refractivity contribution in [3.63, 3.8) is 0 Å². The van der Waals surface area contributed by atoms with Gasteiger partial charge in [-0.2, -0.15) is 18.4 Å². The third-order valence-corrected chi connectivity index (χ3v) is 4.23. The number of hydrogen-bond acceptors (Lipinski definition) is 8. The highest BCUT2D eigenvalue weighted by atomic mass is 35.5. The molecule has 0 fully saturated rings. The molecule has 0 unspecified atom stereocenters. The molecule has 2 aromatic heterocycles. The number of H-pyrrole nitrogens is 1. The second kappa shape index (κ2) is 9.21. The van der Waals surface area contributed by atoms with Crippen LogP contribution in [0.2, 0.25) is 5.02 Å². The van der Waals surface area contributed by atoms with Gasteiger partial charge in [0, 0.05) is 17.0 Å². The number of halogens is 4. The van der Waals surface area contributed by atoms with Crippen LogP contribution in [0.4, 0.5) is 13.2 Å². The number of aliphatic hydroxyl groups excluding tert-OH is 1. The fourth-order valence-corrected chi connectivity index (χ4v) is 2.93. The number of aromatic amines is 1. The number of hydrogen-bond donors (Lipinski definition) is 2. The summed E-state index contributed by atoms with van der Waals surface area (Å²) in [6.45, 7) is -0.459. The molecular weight excluding hydrogens is 455 g/mol. The maximum atomic E-state index is 13.7. The predicted molar refractivity (Wildman–Crippen MR) is 103 cm³/mol. The summed E-state index contributed by atoms with van der Waals surface area (Å²) in [7, 11) is 1.28. The molecule has 0 aliphatic carbocycles. The molecule has 2 N–H and O–H groups in total. The number of aliphatic hydroxyl groups is 1. The zero-order chi connectivity index (χ0) is 23.5. The number of nitriles is 1. The highest BCUT2D eigenvalue weighted by Gasteiger charge is 2.39. The minimum absolute atomic E-state index is 0.0123. The molecule has 2 heterocycles. The lowest BCUT2D eigenvalue weighted by molar-refractivity contribution is -0.142. The van der Waals surface area contributed by atoms with E-state index in [2.05, 4.69) is 20.2 Å². The van der Waals surface area contributed by atoms with Crippen LogP contribution in [0.5, 0.6) is 17.4 Å². The summed E-state index contributed by atoms with van der Waals surface area (Å²) in [5.74, 6) is -1.72. The van der Waals surface area contributed by atoms with Crippen LogP contribution in [0.3, 0.4) is 0 Å². The number of methoxy groups -OCH3 is 1. The molecule has 0 bridgehead atoms. The average molecular weight is 468 g/mol. The minimum atomic E-state index is -5.04. The number of alkyl halides is 3. The number of nitrogens with zero attached hydrogens (tertiary/aromatic N) is 4. The normalized spacial score (nSPS) is 11.2. The van der Waals surface area contributed by atoms with E-state index in [-0.39, 0.29) is 45.7 Å². The third kappa shape index (κ3) is 5.13. The second-order valence-electron chi connectivity index (χ2n) is 6.28. The Morgan fingerprint density at radius 1 is 1.25 bits per heavy atom. The lowest BCUT2D eigenvalue weighted by atomic mass is 10.1. The van der Waals surface area contributed by atoms with Gasteiger partial charge < -0.3 is 19.6 Å². The van der Waals surface area contributed by atoms with Crippen molar-refractivity contribution in [3.8, 4) is 23.4 Å². The molecule has 0 aliphatic rings. The molecule has 1 aromatic carbocycles. The number of nitrogens with one attached hydrogen (secondary N) is 1. The summed E-state index contributed by atoms with van der Waals surface area (Å²) in [6.07, 6.45) is -5.34. The first-order chi connectivity index (χ1) is 15.1. The van der Waals surface area contributed by atoms with E-state index in [1.165, 1.54) is 19.2 Å². The Morgan fingerprint density at radius 2 is 2.00 bits per heavy atom. The van der Waals surface area contributed by atoms with Gasteiger partial charge >= 0.3 is 6.18 Å². The van der Waals surface area contributed by atoms with Gasteiger partial charge in [-0.1, -0.05) is 11.6 Å². The summed E-state index contributed by atoms with van der Waals surface area (Å²) in [4.78, 5) is 18.3. The summed E-state index contributed by atoms with van der Waals surface area (Å²) in [5.41, 5.74) is -2.36. The highest BCUT2D eigenvalue weighted by Crippen LogP contribution is 2.35. The van der Waals surface area contributed by atoms with Gasteiger partial charge in [0.2, 0.25) is 11.6 Å². The van der Waals surface area contributed by atoms with Crippen molar-refractivity contribution in [2.45, 2.75) is 19.2 Å². The fraction of sp³-hybridized carbons (Fsp3) is 0.211. The lowest BCUT2D eigenvalue weighted by Crippen LogP contribution is -2.22. The number of rotatable bonds is 6. The number of benzene rings is 1. The van der Waals surface area contributed by atoms with Crippen molar-refractivity contribution < 1.29 is 27.8 Å². The average Bonchev–Trinajstić information content (AvgIpc) is 2.74. The van der Waals surface area contributed by atoms with Crippen molar-refractivity contribution in [1.82, 2.24) is 20.2 Å². The Morgan fingerprint density at radius 3 is 2.62 bits per heavy atom. The van der Waals surface area contributed by atoms with Gasteiger partial charge in [0.25, 0.3) is 5.56 Å². The minimum Gasteiger partial charge on any atom is -0.480 e. The third-order valence-electron chi connectivity index (χ3n) is 4.01. The molecule has 32 heavy (non-hydrogen) atoms. The maximum Gasteiger partial charge on any atom is 0.437 e. The molecule has 3 aromatic rings. The monoisotopic (exact) mass is 467 g/mol. The largest absolute Gasteiger partial charge is 0.480 e. The molecule has 3 rings (SSSR count). The molecule has 0 aliphatic heterocycles. The smallest absolute Gasteiger partial charge is 0.437 e. The molecule has 9 nitrogen and oxygen atoms in total. The van der Waals surface area contributed by atoms with Gasteiger partial charge in [-0.25, -0.2) is 4.98 Å². The van der Waals surface area contributed by atoms with E-state index in [0.717, 1.165) is 12.1 Å². The van der Waals surface area contributed by atoms with E-state index in [4.69, 9.17) is 26.3 Å². The molecule has 0 saturated carbocycles. The van der Waals surface area contributed by atoms with Crippen LogP contribution >= 0.6 is 11.6 Å². The lowest BCUT2D eigenvalue weighted by Gasteiger charge is -2.14. The Bertz CT molecular complexity index is 1260. The van der Waals surface area contributed by atoms with Gasteiger partial charge in [-0.15, -0.1) is 10.2 Å². The van der Waals surface area contributed by atoms with Crippen LogP contribution in [0.15, 0.2) is 29.1 Å². The Hall–Kier alpha value is -3.69. The Labute approximate surface area is 183 Å². The maximum absolute atomic E-state index is 13.7. The van der Waals surface area contributed by atoms with Gasteiger partial charge in [0.1, 0.15) is 11.6 Å². The number of aromatic nitrogens is 4. The van der Waals surface area contributed by atoms with E-state index < -0.39 is 29.8 Å². The highest BCUT2D eigenvalue weighted by molar-refractivity contribution is 6.30. The van der Waals surface area contributed by atoms with Crippen LogP contribution in [-0.2, 0) is 19.2 Å². The van der Waals surface area contributed by atoms with E-state index in [1.807, 2.05) is 0 Å². The van der Waals surface area contributed by atoms with Crippen molar-refractivity contribution in [2.24, 2.45) is 0 Å². The Kier molecular flexibility index (Phi) is 6.61. The summed E-state index contributed by atoms with van der Waals surface area (Å²) in [6, 6.07) is 6.70. The first-order valence-corrected chi connectivity index (χ1v) is 9.11. The Balaban J connectivity index is 2.07. The van der Waals surface area contributed by atoms with Gasteiger partial charge in [-0.3, -0.25) is 4.79 Å². The molecule has 0 spiro atoms. The summed E-state index contributed by atoms with van der Waals surface area (Å²) in [5, 5.41) is 25.6. The first-order valence-electron chi connectivity index (χ1n) is 8.73. The quantitative estimate of drug-likeness (QED) is 0.565. The SMILES string of the molecule is COc1nnc(CO)cc1Cc1nc(C(F)(F)F)c(Oc2cc(Cl)cc(C#N)c2)c(=O)[nH]1. The zero-order valence-corrected chi connectivity index (χ0v) is 17.0. The van der Waals surface area contributed by atoms with E-state index in [0.29, 0.717) is 0 Å². The first kappa shape index (κ1) is 23.0. The summed E-state index contributed by atoms with van der Waals surface area (Å²) >= 11 is 5.84. The van der Waals surface area contributed by atoms with Crippen molar-refractivity contribution in [1.29, 1.82) is 5.26 Å². The van der Waals surface area contributed by atoms with E-state index in [9.17, 15) is 23.1 Å². The molecule has 0 atom stereocenters. The van der Waals surface area contributed by atoms with Crippen LogP contribution < -0.4 is 15.0 Å². The van der Waals surface area contributed by atoms with Gasteiger partial charge in [0.15, 0.2) is 5.69 Å². The van der Waals surface area contributed by atoms with Gasteiger partial charge in [-0.05, 0) is 24.3 Å². The van der Waals surface area contributed by atoms with E-state index >= 15 is 0 Å². The summed E-state index contributed by atoms with van der Waals surface area (Å²) < 4.78 is 51.2. The standard InChI is InChI=1S/C19H13ClF3N5O4/c1-31-18-10(4-12(8-29)27-28-18)5-14-25-16(19(21,22)23)15(17(30)26-14)32-13-3-9(7-24)2-11(20)6-13/h2-4,6,29H,5,8H2,1H3,(H,25,26,30). The van der Waals surface area contributed by atoms with Gasteiger partial charge in [0.05, 0.1) is 31.0 Å².